The molecule has 0 saturated carbocycles. The van der Waals surface area contributed by atoms with Gasteiger partial charge in [0.2, 0.25) is 0 Å². The molecule has 1 N–H and O–H groups in total. The van der Waals surface area contributed by atoms with Crippen LogP contribution in [0, 0.1) is 13.8 Å². The predicted octanol–water partition coefficient (Wildman–Crippen LogP) is 1.50. The number of hydrogen-bond acceptors (Lipinski definition) is 3. The Morgan fingerprint density at radius 2 is 2.25 bits per heavy atom. The maximum Gasteiger partial charge on any atom is 0.0980 e. The smallest absolute Gasteiger partial charge is 0.0980 e. The number of benzene rings is 1. The fourth-order valence-corrected chi connectivity index (χ4v) is 2.11. The van der Waals surface area contributed by atoms with E-state index in [9.17, 15) is 0 Å². The van der Waals surface area contributed by atoms with Gasteiger partial charge in [-0.15, -0.1) is 0 Å². The zero-order valence-electron chi connectivity index (χ0n) is 9.94. The summed E-state index contributed by atoms with van der Waals surface area (Å²) in [6, 6.07) is 6.48. The second-order valence-corrected chi connectivity index (χ2v) is 4.41. The summed E-state index contributed by atoms with van der Waals surface area (Å²) in [5.41, 5.74) is 3.82. The van der Waals surface area contributed by atoms with Gasteiger partial charge in [-0.05, 0) is 31.0 Å². The quantitative estimate of drug-likeness (QED) is 0.821. The van der Waals surface area contributed by atoms with E-state index in [1.54, 1.807) is 0 Å². The highest BCUT2D eigenvalue weighted by Gasteiger charge is 2.20. The SMILES string of the molecule is Cc1ccc(C)c(N2CCOC(CO)C2)c1. The Bertz CT molecular complexity index is 365. The first-order valence-electron chi connectivity index (χ1n) is 5.75. The third kappa shape index (κ3) is 2.36. The van der Waals surface area contributed by atoms with Gasteiger partial charge in [0, 0.05) is 18.8 Å². The molecular weight excluding hydrogens is 202 g/mol. The molecular formula is C13H19NO2. The third-order valence-electron chi connectivity index (χ3n) is 3.05. The minimum Gasteiger partial charge on any atom is -0.394 e. The molecule has 0 aliphatic carbocycles. The normalized spacial score (nSPS) is 21.2. The molecule has 1 heterocycles. The minimum absolute atomic E-state index is 0.0475. The van der Waals surface area contributed by atoms with E-state index in [-0.39, 0.29) is 12.7 Å². The Morgan fingerprint density at radius 1 is 1.44 bits per heavy atom. The largest absolute Gasteiger partial charge is 0.394 e. The minimum atomic E-state index is -0.0475. The van der Waals surface area contributed by atoms with Gasteiger partial charge in [-0.2, -0.15) is 0 Å². The van der Waals surface area contributed by atoms with Crippen molar-refractivity contribution >= 4 is 5.69 Å². The Hall–Kier alpha value is -1.06. The van der Waals surface area contributed by atoms with Gasteiger partial charge in [0.25, 0.3) is 0 Å². The standard InChI is InChI=1S/C13H19NO2/c1-10-3-4-11(2)13(7-10)14-5-6-16-12(8-14)9-15/h3-4,7,12,15H,5-6,8-9H2,1-2H3. The molecule has 16 heavy (non-hydrogen) atoms. The summed E-state index contributed by atoms with van der Waals surface area (Å²) in [6.07, 6.45) is -0.0475. The number of aliphatic hydroxyl groups is 1. The lowest BCUT2D eigenvalue weighted by Crippen LogP contribution is -2.44. The van der Waals surface area contributed by atoms with E-state index in [1.807, 2.05) is 0 Å². The van der Waals surface area contributed by atoms with Crippen LogP contribution >= 0.6 is 0 Å². The van der Waals surface area contributed by atoms with Crippen molar-refractivity contribution in [3.05, 3.63) is 29.3 Å². The van der Waals surface area contributed by atoms with Gasteiger partial charge in [0.05, 0.1) is 19.3 Å². The summed E-state index contributed by atoms with van der Waals surface area (Å²) in [6.45, 7) is 6.70. The van der Waals surface area contributed by atoms with Gasteiger partial charge in [-0.3, -0.25) is 0 Å². The average Bonchev–Trinajstić information content (AvgIpc) is 2.32. The number of aryl methyl sites for hydroxylation is 2. The number of hydrogen-bond donors (Lipinski definition) is 1. The van der Waals surface area contributed by atoms with Crippen LogP contribution in [0.15, 0.2) is 18.2 Å². The summed E-state index contributed by atoms with van der Waals surface area (Å²) in [5, 5.41) is 9.13. The van der Waals surface area contributed by atoms with E-state index in [2.05, 4.69) is 36.9 Å². The number of rotatable bonds is 2. The number of morpholine rings is 1. The van der Waals surface area contributed by atoms with Crippen LogP contribution in [-0.2, 0) is 4.74 Å². The van der Waals surface area contributed by atoms with Gasteiger partial charge in [0.15, 0.2) is 0 Å². The predicted molar refractivity (Wildman–Crippen MR) is 65.0 cm³/mol. The zero-order valence-corrected chi connectivity index (χ0v) is 9.94. The van der Waals surface area contributed by atoms with Crippen molar-refractivity contribution in [3.63, 3.8) is 0 Å². The fraction of sp³-hybridized carbons (Fsp3) is 0.538. The van der Waals surface area contributed by atoms with Crippen LogP contribution in [-0.4, -0.2) is 37.5 Å². The fourth-order valence-electron chi connectivity index (χ4n) is 2.11. The molecule has 0 radical (unpaired) electrons. The van der Waals surface area contributed by atoms with Crippen LogP contribution in [0.3, 0.4) is 0 Å². The van der Waals surface area contributed by atoms with Crippen LogP contribution in [0.25, 0.3) is 0 Å². The van der Waals surface area contributed by atoms with Crippen molar-refractivity contribution in [3.8, 4) is 0 Å². The highest BCUT2D eigenvalue weighted by Crippen LogP contribution is 2.23. The first-order chi connectivity index (χ1) is 7.70. The molecule has 1 aliphatic heterocycles. The van der Waals surface area contributed by atoms with E-state index < -0.39 is 0 Å². The van der Waals surface area contributed by atoms with Crippen LogP contribution in [0.4, 0.5) is 5.69 Å². The maximum absolute atomic E-state index is 9.13. The van der Waals surface area contributed by atoms with Crippen molar-refractivity contribution in [2.45, 2.75) is 20.0 Å². The number of aliphatic hydroxyl groups excluding tert-OH is 1. The molecule has 0 bridgehead atoms. The summed E-state index contributed by atoms with van der Waals surface area (Å²) in [4.78, 5) is 2.30. The summed E-state index contributed by atoms with van der Waals surface area (Å²) in [5.74, 6) is 0. The summed E-state index contributed by atoms with van der Waals surface area (Å²) in [7, 11) is 0. The second kappa shape index (κ2) is 4.85. The molecule has 1 aromatic rings. The first kappa shape index (κ1) is 11.4. The Labute approximate surface area is 96.6 Å². The summed E-state index contributed by atoms with van der Waals surface area (Å²) < 4.78 is 5.46. The lowest BCUT2D eigenvalue weighted by Gasteiger charge is -2.34. The topological polar surface area (TPSA) is 32.7 Å². The number of nitrogens with zero attached hydrogens (tertiary/aromatic N) is 1. The molecule has 1 unspecified atom stereocenters. The third-order valence-corrected chi connectivity index (χ3v) is 3.05. The molecule has 0 spiro atoms. The molecule has 88 valence electrons. The lowest BCUT2D eigenvalue weighted by molar-refractivity contribution is 0.00354. The van der Waals surface area contributed by atoms with Crippen molar-refractivity contribution < 1.29 is 9.84 Å². The van der Waals surface area contributed by atoms with E-state index >= 15 is 0 Å². The highest BCUT2D eigenvalue weighted by atomic mass is 16.5. The van der Waals surface area contributed by atoms with Crippen LogP contribution < -0.4 is 4.90 Å². The number of anilines is 1. The Kier molecular flexibility index (Phi) is 3.46. The molecule has 3 nitrogen and oxygen atoms in total. The second-order valence-electron chi connectivity index (χ2n) is 4.41. The molecule has 0 amide bonds. The van der Waals surface area contributed by atoms with Gasteiger partial charge in [0.1, 0.15) is 0 Å². The summed E-state index contributed by atoms with van der Waals surface area (Å²) >= 11 is 0. The molecule has 1 fully saturated rings. The molecule has 1 aromatic carbocycles. The Morgan fingerprint density at radius 3 is 3.00 bits per heavy atom. The van der Waals surface area contributed by atoms with E-state index in [0.717, 1.165) is 13.1 Å². The van der Waals surface area contributed by atoms with Crippen molar-refractivity contribution in [2.24, 2.45) is 0 Å². The molecule has 1 atom stereocenters. The first-order valence-corrected chi connectivity index (χ1v) is 5.75. The average molecular weight is 221 g/mol. The van der Waals surface area contributed by atoms with Crippen molar-refractivity contribution in [1.82, 2.24) is 0 Å². The molecule has 0 aromatic heterocycles. The van der Waals surface area contributed by atoms with E-state index in [4.69, 9.17) is 9.84 Å². The number of ether oxygens (including phenoxy) is 1. The van der Waals surface area contributed by atoms with Crippen LogP contribution in [0.5, 0.6) is 0 Å². The maximum atomic E-state index is 9.13. The van der Waals surface area contributed by atoms with Gasteiger partial charge >= 0.3 is 0 Å². The van der Waals surface area contributed by atoms with Gasteiger partial charge < -0.3 is 14.7 Å². The van der Waals surface area contributed by atoms with Gasteiger partial charge in [-0.25, -0.2) is 0 Å². The van der Waals surface area contributed by atoms with Crippen molar-refractivity contribution in [2.75, 3.05) is 31.2 Å². The van der Waals surface area contributed by atoms with Gasteiger partial charge in [-0.1, -0.05) is 12.1 Å². The zero-order chi connectivity index (χ0) is 11.5. The van der Waals surface area contributed by atoms with Crippen LogP contribution in [0.1, 0.15) is 11.1 Å². The highest BCUT2D eigenvalue weighted by molar-refractivity contribution is 5.55. The molecule has 1 aliphatic rings. The molecule has 3 heteroatoms. The van der Waals surface area contributed by atoms with E-state index in [1.165, 1.54) is 16.8 Å². The van der Waals surface area contributed by atoms with Crippen molar-refractivity contribution in [1.29, 1.82) is 0 Å². The van der Waals surface area contributed by atoms with E-state index in [0.29, 0.717) is 6.61 Å². The lowest BCUT2D eigenvalue weighted by atomic mass is 10.1. The Balaban J connectivity index is 2.19. The molecule has 2 rings (SSSR count). The molecule has 1 saturated heterocycles. The monoisotopic (exact) mass is 221 g/mol. The van der Waals surface area contributed by atoms with Crippen LogP contribution in [0.2, 0.25) is 0 Å².